The SMILES string of the molecule is COc1cc(/C=C2/C(=N)N3C(=NC2=O)SN=C3S(C)(=O)=O)ccc1OCCCOc1cccc(C)c1C. The van der Waals surface area contributed by atoms with Gasteiger partial charge in [0, 0.05) is 12.7 Å². The van der Waals surface area contributed by atoms with Gasteiger partial charge in [-0.1, -0.05) is 18.2 Å². The number of amidine groups is 3. The number of hydrogen-bond donors (Lipinski definition) is 1. The van der Waals surface area contributed by atoms with Crippen LogP contribution in [0.15, 0.2) is 51.4 Å². The molecule has 0 saturated carbocycles. The van der Waals surface area contributed by atoms with Gasteiger partial charge < -0.3 is 14.2 Å². The number of ether oxygens (including phenoxy) is 3. The van der Waals surface area contributed by atoms with Crippen molar-refractivity contribution in [3.05, 3.63) is 58.7 Å². The third-order valence-corrected chi connectivity index (χ3v) is 7.44. The number of aryl methyl sites for hydroxylation is 1. The molecule has 2 aromatic rings. The van der Waals surface area contributed by atoms with E-state index in [-0.39, 0.29) is 21.7 Å². The molecular weight excluding hydrogens is 516 g/mol. The first-order chi connectivity index (χ1) is 17.6. The second kappa shape index (κ2) is 10.8. The number of carbonyl (C=O) groups is 1. The lowest BCUT2D eigenvalue weighted by Gasteiger charge is -2.23. The Labute approximate surface area is 219 Å². The second-order valence-electron chi connectivity index (χ2n) is 8.34. The minimum atomic E-state index is -3.72. The predicted octanol–water partition coefficient (Wildman–Crippen LogP) is 3.78. The van der Waals surface area contributed by atoms with Gasteiger partial charge in [-0.3, -0.25) is 10.2 Å². The summed E-state index contributed by atoms with van der Waals surface area (Å²) in [6.07, 6.45) is 3.10. The van der Waals surface area contributed by atoms with Gasteiger partial charge in [-0.25, -0.2) is 13.3 Å². The molecule has 0 radical (unpaired) electrons. The lowest BCUT2D eigenvalue weighted by atomic mass is 10.1. The molecule has 37 heavy (non-hydrogen) atoms. The number of carbonyl (C=O) groups excluding carboxylic acids is 1. The number of nitrogens with zero attached hydrogens (tertiary/aromatic N) is 3. The highest BCUT2D eigenvalue weighted by Gasteiger charge is 2.41. The van der Waals surface area contributed by atoms with Crippen molar-refractivity contribution in [2.45, 2.75) is 20.3 Å². The molecule has 0 spiro atoms. The fraction of sp³-hybridized carbons (Fsp3) is 0.280. The normalized spacial score (nSPS) is 16.4. The molecule has 2 heterocycles. The molecule has 0 unspecified atom stereocenters. The third kappa shape index (κ3) is 5.70. The molecule has 12 heteroatoms. The predicted molar refractivity (Wildman–Crippen MR) is 144 cm³/mol. The van der Waals surface area contributed by atoms with Crippen molar-refractivity contribution >= 4 is 49.9 Å². The summed E-state index contributed by atoms with van der Waals surface area (Å²) in [7, 11) is -2.22. The molecule has 2 aliphatic heterocycles. The van der Waals surface area contributed by atoms with E-state index in [0.717, 1.165) is 34.4 Å². The van der Waals surface area contributed by atoms with Crippen LogP contribution in [-0.2, 0) is 14.6 Å². The number of rotatable bonds is 8. The van der Waals surface area contributed by atoms with E-state index >= 15 is 0 Å². The van der Waals surface area contributed by atoms with Gasteiger partial charge in [-0.2, -0.15) is 9.39 Å². The van der Waals surface area contributed by atoms with Crippen LogP contribution in [0.1, 0.15) is 23.1 Å². The van der Waals surface area contributed by atoms with Crippen LogP contribution in [0, 0.1) is 19.3 Å². The van der Waals surface area contributed by atoms with Crippen molar-refractivity contribution in [1.82, 2.24) is 4.90 Å². The van der Waals surface area contributed by atoms with Gasteiger partial charge in [-0.15, -0.1) is 0 Å². The maximum absolute atomic E-state index is 12.6. The first-order valence-electron chi connectivity index (χ1n) is 11.3. The maximum atomic E-state index is 12.6. The van der Waals surface area contributed by atoms with Crippen LogP contribution in [0.3, 0.4) is 0 Å². The Kier molecular flexibility index (Phi) is 7.69. The van der Waals surface area contributed by atoms with Crippen LogP contribution in [-0.4, -0.2) is 62.0 Å². The summed E-state index contributed by atoms with van der Waals surface area (Å²) >= 11 is 0.746. The Morgan fingerprint density at radius 1 is 1.08 bits per heavy atom. The van der Waals surface area contributed by atoms with E-state index in [9.17, 15) is 13.2 Å². The number of hydrogen-bond acceptors (Lipinski definition) is 9. The highest BCUT2D eigenvalue weighted by Crippen LogP contribution is 2.32. The number of aliphatic imine (C=N–C) groups is 1. The molecule has 4 rings (SSSR count). The Morgan fingerprint density at radius 2 is 1.81 bits per heavy atom. The van der Waals surface area contributed by atoms with Crippen LogP contribution >= 0.6 is 11.9 Å². The van der Waals surface area contributed by atoms with Gasteiger partial charge in [-0.05, 0) is 54.8 Å². The fourth-order valence-corrected chi connectivity index (χ4v) is 5.45. The number of nitrogens with one attached hydrogen (secondary N) is 1. The molecule has 194 valence electrons. The lowest BCUT2D eigenvalue weighted by Crippen LogP contribution is -2.45. The summed E-state index contributed by atoms with van der Waals surface area (Å²) in [6.45, 7) is 4.97. The Balaban J connectivity index is 1.43. The summed E-state index contributed by atoms with van der Waals surface area (Å²) in [5, 5.41) is 8.16. The standard InChI is InChI=1S/C25H26N4O6S2/c1-15-7-5-8-19(16(15)2)34-11-6-12-35-20-10-9-17(14-21(20)33-3)13-18-22(26)29-24(27-23(18)30)36-28-25(29)37(4,31)32/h5,7-10,13-14,26H,6,11-12H2,1-4H3/b18-13-,26-22?. The average molecular weight is 543 g/mol. The van der Waals surface area contributed by atoms with Crippen LogP contribution in [0.25, 0.3) is 6.08 Å². The number of benzene rings is 2. The van der Waals surface area contributed by atoms with Crippen molar-refractivity contribution in [1.29, 1.82) is 5.41 Å². The van der Waals surface area contributed by atoms with Gasteiger partial charge in [0.2, 0.25) is 20.2 Å². The largest absolute Gasteiger partial charge is 0.493 e. The number of amides is 1. The van der Waals surface area contributed by atoms with Crippen molar-refractivity contribution < 1.29 is 27.4 Å². The summed E-state index contributed by atoms with van der Waals surface area (Å²) in [4.78, 5) is 17.5. The molecule has 0 atom stereocenters. The van der Waals surface area contributed by atoms with Crippen LogP contribution < -0.4 is 14.2 Å². The highest BCUT2D eigenvalue weighted by atomic mass is 32.2. The van der Waals surface area contributed by atoms with Crippen LogP contribution in [0.2, 0.25) is 0 Å². The Morgan fingerprint density at radius 3 is 2.51 bits per heavy atom. The molecule has 0 fully saturated rings. The fourth-order valence-electron chi connectivity index (χ4n) is 3.60. The molecular formula is C25H26N4O6S2. The van der Waals surface area contributed by atoms with Gasteiger partial charge in [0.05, 0.1) is 37.8 Å². The average Bonchev–Trinajstić information content (AvgIpc) is 3.29. The van der Waals surface area contributed by atoms with Crippen molar-refractivity contribution in [3.8, 4) is 17.2 Å². The van der Waals surface area contributed by atoms with E-state index in [1.807, 2.05) is 32.0 Å². The summed E-state index contributed by atoms with van der Waals surface area (Å²) in [5.74, 6) is 0.851. The smallest absolute Gasteiger partial charge is 0.283 e. The molecule has 1 N–H and O–H groups in total. The van der Waals surface area contributed by atoms with E-state index in [1.165, 1.54) is 18.7 Å². The maximum Gasteiger partial charge on any atom is 0.283 e. The van der Waals surface area contributed by atoms with Gasteiger partial charge in [0.1, 0.15) is 11.6 Å². The first kappa shape index (κ1) is 26.4. The van der Waals surface area contributed by atoms with Crippen molar-refractivity contribution in [2.75, 3.05) is 26.6 Å². The van der Waals surface area contributed by atoms with E-state index in [1.54, 1.807) is 18.2 Å². The third-order valence-electron chi connectivity index (χ3n) is 5.68. The second-order valence-corrected chi connectivity index (χ2v) is 11.0. The van der Waals surface area contributed by atoms with E-state index in [0.29, 0.717) is 36.7 Å². The molecule has 0 aliphatic carbocycles. The van der Waals surface area contributed by atoms with Gasteiger partial charge in [0.15, 0.2) is 11.5 Å². The first-order valence-corrected chi connectivity index (χ1v) is 14.0. The molecule has 10 nitrogen and oxygen atoms in total. The molecule has 2 aromatic carbocycles. The topological polar surface area (TPSA) is 131 Å². The van der Waals surface area contributed by atoms with Crippen molar-refractivity contribution in [2.24, 2.45) is 9.39 Å². The minimum absolute atomic E-state index is 0.0374. The van der Waals surface area contributed by atoms with E-state index < -0.39 is 15.7 Å². The quantitative estimate of drug-likeness (QED) is 0.303. The zero-order valence-electron chi connectivity index (χ0n) is 20.8. The van der Waals surface area contributed by atoms with E-state index in [2.05, 4.69) is 9.39 Å². The minimum Gasteiger partial charge on any atom is -0.493 e. The molecule has 0 aromatic heterocycles. The van der Waals surface area contributed by atoms with E-state index in [4.69, 9.17) is 19.6 Å². The molecule has 0 saturated heterocycles. The van der Waals surface area contributed by atoms with Crippen LogP contribution in [0.4, 0.5) is 0 Å². The summed E-state index contributed by atoms with van der Waals surface area (Å²) < 4.78 is 45.1. The monoisotopic (exact) mass is 542 g/mol. The summed E-state index contributed by atoms with van der Waals surface area (Å²) in [5.41, 5.74) is 2.78. The Hall–Kier alpha value is -3.64. The van der Waals surface area contributed by atoms with Gasteiger partial charge in [0.25, 0.3) is 5.91 Å². The molecule has 0 bridgehead atoms. The number of methoxy groups -OCH3 is 1. The zero-order chi connectivity index (χ0) is 26.7. The van der Waals surface area contributed by atoms with Crippen LogP contribution in [0.5, 0.6) is 17.2 Å². The Bertz CT molecular complexity index is 1460. The summed E-state index contributed by atoms with van der Waals surface area (Å²) in [6, 6.07) is 11.0. The lowest BCUT2D eigenvalue weighted by molar-refractivity contribution is -0.114. The van der Waals surface area contributed by atoms with Crippen molar-refractivity contribution in [3.63, 3.8) is 0 Å². The van der Waals surface area contributed by atoms with Gasteiger partial charge >= 0.3 is 0 Å². The zero-order valence-corrected chi connectivity index (χ0v) is 22.4. The molecule has 2 aliphatic rings. The number of sulfone groups is 1. The number of fused-ring (bicyclic) bond motifs is 1. The molecule has 1 amide bonds. The highest BCUT2D eigenvalue weighted by molar-refractivity contribution is 8.16.